The van der Waals surface area contributed by atoms with Gasteiger partial charge in [-0.15, -0.1) is 0 Å². The molecule has 230 valence electrons. The van der Waals surface area contributed by atoms with Crippen LogP contribution in [0.25, 0.3) is 0 Å². The van der Waals surface area contributed by atoms with Gasteiger partial charge in [0.25, 0.3) is 5.91 Å². The summed E-state index contributed by atoms with van der Waals surface area (Å²) in [5.74, 6) is -5.88. The van der Waals surface area contributed by atoms with Crippen LogP contribution in [0.3, 0.4) is 0 Å². The molecule has 1 heterocycles. The Balaban J connectivity index is 1.66. The molecule has 12 nitrogen and oxygen atoms in total. The Kier molecular flexibility index (Phi) is 11.2. The molecule has 2 fully saturated rings. The van der Waals surface area contributed by atoms with E-state index in [4.69, 9.17) is 0 Å². The first-order chi connectivity index (χ1) is 19.8. The molecule has 1 aliphatic carbocycles. The summed E-state index contributed by atoms with van der Waals surface area (Å²) in [5.41, 5.74) is 0.665. The number of carbonyl (C=O) groups is 6. The number of aliphatic carboxylic acids is 1. The topological polar surface area (TPSA) is 182 Å². The number of fused-ring (bicyclic) bond motifs is 1. The summed E-state index contributed by atoms with van der Waals surface area (Å²) in [6, 6.07) is 5.45. The predicted octanol–water partition coefficient (Wildman–Crippen LogP) is 0.269. The third kappa shape index (κ3) is 7.93. The maximum absolute atomic E-state index is 13.7. The third-order valence-electron chi connectivity index (χ3n) is 8.14. The van der Waals surface area contributed by atoms with Crippen molar-refractivity contribution >= 4 is 35.4 Å². The van der Waals surface area contributed by atoms with Crippen molar-refractivity contribution in [3.8, 4) is 0 Å². The second-order valence-electron chi connectivity index (χ2n) is 11.9. The minimum absolute atomic E-state index is 0.0223. The molecule has 3 rings (SSSR count). The zero-order chi connectivity index (χ0) is 31.1. The van der Waals surface area contributed by atoms with E-state index in [0.717, 1.165) is 12.8 Å². The maximum Gasteiger partial charge on any atom is 0.326 e. The summed E-state index contributed by atoms with van der Waals surface area (Å²) >= 11 is 0. The van der Waals surface area contributed by atoms with Crippen molar-refractivity contribution in [1.82, 2.24) is 20.9 Å². The molecule has 2 aliphatic rings. The molecule has 0 unspecified atom stereocenters. The van der Waals surface area contributed by atoms with Gasteiger partial charge < -0.3 is 31.1 Å². The van der Waals surface area contributed by atoms with Gasteiger partial charge in [-0.2, -0.15) is 0 Å². The van der Waals surface area contributed by atoms with Crippen LogP contribution >= 0.6 is 0 Å². The van der Waals surface area contributed by atoms with Crippen LogP contribution < -0.4 is 16.0 Å². The van der Waals surface area contributed by atoms with Crippen molar-refractivity contribution in [2.75, 3.05) is 13.1 Å². The van der Waals surface area contributed by atoms with Crippen LogP contribution in [0.2, 0.25) is 0 Å². The molecule has 4 amide bonds. The normalized spacial score (nSPS) is 21.8. The van der Waals surface area contributed by atoms with E-state index in [2.05, 4.69) is 16.0 Å². The van der Waals surface area contributed by atoms with E-state index in [-0.39, 0.29) is 30.1 Å². The van der Waals surface area contributed by atoms with Crippen molar-refractivity contribution in [3.63, 3.8) is 0 Å². The molecule has 5 N–H and O–H groups in total. The highest BCUT2D eigenvalue weighted by Crippen LogP contribution is 2.42. The fourth-order valence-corrected chi connectivity index (χ4v) is 5.74. The van der Waals surface area contributed by atoms with Crippen molar-refractivity contribution < 1.29 is 39.0 Å². The maximum atomic E-state index is 13.7. The largest absolute Gasteiger partial charge is 0.480 e. The molecule has 1 saturated carbocycles. The van der Waals surface area contributed by atoms with Gasteiger partial charge in [-0.25, -0.2) is 4.79 Å². The number of carbonyl (C=O) groups excluding carboxylic acids is 5. The number of Topliss-reactive ketones (excluding diaryl/α,β-unsaturated/α-hetero) is 1. The predicted molar refractivity (Wildman–Crippen MR) is 152 cm³/mol. The molecule has 0 radical (unpaired) electrons. The number of hydrogen-bond donors (Lipinski definition) is 5. The SMILES string of the molecule is CC(C)[C@H](O)C(=O)N[C@H](C(=O)N1C[C@@H]2CCC[C@@H]2[C@H]1C(=O)NCC(=O)C(=O)N[C@@H](Cc1ccccc1)C(=O)O)C(C)C. The van der Waals surface area contributed by atoms with Gasteiger partial charge in [-0.1, -0.05) is 64.4 Å². The monoisotopic (exact) mass is 586 g/mol. The van der Waals surface area contributed by atoms with E-state index in [1.807, 2.05) is 0 Å². The van der Waals surface area contributed by atoms with Crippen LogP contribution in [-0.4, -0.2) is 87.8 Å². The van der Waals surface area contributed by atoms with Gasteiger partial charge in [0.05, 0.1) is 6.54 Å². The van der Waals surface area contributed by atoms with E-state index >= 15 is 0 Å². The molecule has 1 aliphatic heterocycles. The van der Waals surface area contributed by atoms with Crippen LogP contribution in [-0.2, 0) is 35.2 Å². The third-order valence-corrected chi connectivity index (χ3v) is 8.14. The van der Waals surface area contributed by atoms with Crippen molar-refractivity contribution in [2.45, 2.75) is 77.6 Å². The fraction of sp³-hybridized carbons (Fsp3) is 0.600. The van der Waals surface area contributed by atoms with E-state index in [9.17, 15) is 39.0 Å². The number of aliphatic hydroxyl groups excluding tert-OH is 1. The average molecular weight is 587 g/mol. The highest BCUT2D eigenvalue weighted by atomic mass is 16.4. The Labute approximate surface area is 245 Å². The Bertz CT molecular complexity index is 1170. The summed E-state index contributed by atoms with van der Waals surface area (Å²) in [6.45, 7) is 6.55. The summed E-state index contributed by atoms with van der Waals surface area (Å²) in [7, 11) is 0. The van der Waals surface area contributed by atoms with Gasteiger partial charge in [-0.05, 0) is 42.1 Å². The lowest BCUT2D eigenvalue weighted by molar-refractivity contribution is -0.145. The Hall–Kier alpha value is -3.80. The lowest BCUT2D eigenvalue weighted by Gasteiger charge is -2.32. The molecule has 0 bridgehead atoms. The smallest absolute Gasteiger partial charge is 0.326 e. The number of rotatable bonds is 13. The van der Waals surface area contributed by atoms with Gasteiger partial charge in [0.15, 0.2) is 0 Å². The molecule has 1 aromatic rings. The van der Waals surface area contributed by atoms with E-state index in [1.165, 1.54) is 4.90 Å². The number of amides is 4. The highest BCUT2D eigenvalue weighted by Gasteiger charge is 2.51. The first-order valence-electron chi connectivity index (χ1n) is 14.5. The van der Waals surface area contributed by atoms with Crippen molar-refractivity contribution in [2.24, 2.45) is 23.7 Å². The Morgan fingerprint density at radius 3 is 2.21 bits per heavy atom. The molecular weight excluding hydrogens is 544 g/mol. The first-order valence-corrected chi connectivity index (χ1v) is 14.5. The quantitative estimate of drug-likeness (QED) is 0.204. The molecule has 0 spiro atoms. The zero-order valence-corrected chi connectivity index (χ0v) is 24.5. The number of likely N-dealkylation sites (tertiary alicyclic amines) is 1. The number of benzene rings is 1. The van der Waals surface area contributed by atoms with Crippen molar-refractivity contribution in [1.29, 1.82) is 0 Å². The van der Waals surface area contributed by atoms with Gasteiger partial charge in [0.2, 0.25) is 23.5 Å². The van der Waals surface area contributed by atoms with E-state index < -0.39 is 66.2 Å². The van der Waals surface area contributed by atoms with E-state index in [0.29, 0.717) is 18.5 Å². The molecule has 1 saturated heterocycles. The Morgan fingerprint density at radius 1 is 0.952 bits per heavy atom. The van der Waals surface area contributed by atoms with Gasteiger partial charge >= 0.3 is 5.97 Å². The summed E-state index contributed by atoms with van der Waals surface area (Å²) in [4.78, 5) is 77.9. The minimum atomic E-state index is -1.33. The molecule has 42 heavy (non-hydrogen) atoms. The minimum Gasteiger partial charge on any atom is -0.480 e. The lowest BCUT2D eigenvalue weighted by atomic mass is 9.93. The number of carboxylic acids is 1. The van der Waals surface area contributed by atoms with Gasteiger partial charge in [0, 0.05) is 13.0 Å². The number of nitrogens with one attached hydrogen (secondary N) is 3. The summed E-state index contributed by atoms with van der Waals surface area (Å²) < 4.78 is 0. The average Bonchev–Trinajstić information content (AvgIpc) is 3.55. The molecular formula is C30H42N4O8. The van der Waals surface area contributed by atoms with Crippen LogP contribution in [0, 0.1) is 23.7 Å². The number of aliphatic hydroxyl groups is 1. The van der Waals surface area contributed by atoms with Gasteiger partial charge in [0.1, 0.15) is 24.2 Å². The highest BCUT2D eigenvalue weighted by molar-refractivity contribution is 6.37. The number of ketones is 1. The van der Waals surface area contributed by atoms with Crippen LogP contribution in [0.4, 0.5) is 0 Å². The number of nitrogens with zero attached hydrogens (tertiary/aromatic N) is 1. The summed E-state index contributed by atoms with van der Waals surface area (Å²) in [6.07, 6.45) is 1.13. The first kappa shape index (κ1) is 32.7. The van der Waals surface area contributed by atoms with Crippen molar-refractivity contribution in [3.05, 3.63) is 35.9 Å². The lowest BCUT2D eigenvalue weighted by Crippen LogP contribution is -2.58. The standard InChI is InChI=1S/C30H42N4O8/c1-16(2)23(33-28(39)25(36)17(3)4)29(40)34-15-19-11-8-12-20(19)24(34)27(38)31-14-22(35)26(37)32-21(30(41)42)13-18-9-6-5-7-10-18/h5-7,9-10,16-17,19-21,23-25,36H,8,11-15H2,1-4H3,(H,31,38)(H,32,37)(H,33,39)(H,41,42)/t19-,20-,21-,23-,24-,25-/m0/s1. The molecule has 0 aromatic heterocycles. The van der Waals surface area contributed by atoms with Crippen LogP contribution in [0.5, 0.6) is 0 Å². The second-order valence-corrected chi connectivity index (χ2v) is 11.9. The molecule has 12 heteroatoms. The van der Waals surface area contributed by atoms with Gasteiger partial charge in [-0.3, -0.25) is 24.0 Å². The van der Waals surface area contributed by atoms with Crippen LogP contribution in [0.1, 0.15) is 52.5 Å². The number of carboxylic acid groups (broad SMARTS) is 1. The molecule has 6 atom stereocenters. The summed E-state index contributed by atoms with van der Waals surface area (Å²) in [5, 5.41) is 27.0. The Morgan fingerprint density at radius 2 is 1.62 bits per heavy atom. The number of hydrogen-bond acceptors (Lipinski definition) is 7. The zero-order valence-electron chi connectivity index (χ0n) is 24.5. The molecule has 1 aromatic carbocycles. The van der Waals surface area contributed by atoms with E-state index in [1.54, 1.807) is 58.0 Å². The fourth-order valence-electron chi connectivity index (χ4n) is 5.74. The second kappa shape index (κ2) is 14.4. The van der Waals surface area contributed by atoms with Crippen LogP contribution in [0.15, 0.2) is 30.3 Å².